The van der Waals surface area contributed by atoms with Crippen LogP contribution in [-0.4, -0.2) is 12.2 Å². The Balaban J connectivity index is 3.63. The number of nitrogens with two attached hydrogens (primary N) is 1. The van der Waals surface area contributed by atoms with E-state index in [0.717, 1.165) is 19.3 Å². The fourth-order valence-corrected chi connectivity index (χ4v) is 1.30. The monoisotopic (exact) mass is 197 g/mol. The second kappa shape index (κ2) is 8.43. The van der Waals surface area contributed by atoms with Gasteiger partial charge in [-0.1, -0.05) is 26.2 Å². The second-order valence-corrected chi connectivity index (χ2v) is 3.32. The summed E-state index contributed by atoms with van der Waals surface area (Å²) in [4.78, 5) is 10.5. The molecule has 0 fully saturated rings. The van der Waals surface area contributed by atoms with Crippen molar-refractivity contribution in [3.63, 3.8) is 0 Å². The Labute approximate surface area is 86.0 Å². The Morgan fingerprint density at radius 1 is 1.50 bits per heavy atom. The fourth-order valence-electron chi connectivity index (χ4n) is 1.30. The molecular weight excluding hydrogens is 178 g/mol. The van der Waals surface area contributed by atoms with E-state index in [1.54, 1.807) is 0 Å². The van der Waals surface area contributed by atoms with Crippen molar-refractivity contribution in [2.24, 2.45) is 5.73 Å². The SMILES string of the molecule is C#CCC(CCCCCC)OC(N)=O. The first-order valence-corrected chi connectivity index (χ1v) is 5.10. The summed E-state index contributed by atoms with van der Waals surface area (Å²) in [5.74, 6) is 2.48. The molecule has 1 atom stereocenters. The standard InChI is InChI=1S/C11H19NO2/c1-3-5-6-7-9-10(8-4-2)14-11(12)13/h2,10H,3,5-9H2,1H3,(H2,12,13). The van der Waals surface area contributed by atoms with E-state index < -0.39 is 6.09 Å². The van der Waals surface area contributed by atoms with Crippen LogP contribution in [0.2, 0.25) is 0 Å². The molecule has 80 valence electrons. The zero-order valence-corrected chi connectivity index (χ0v) is 8.79. The maximum Gasteiger partial charge on any atom is 0.404 e. The zero-order valence-electron chi connectivity index (χ0n) is 8.79. The van der Waals surface area contributed by atoms with Crippen LogP contribution in [0.25, 0.3) is 0 Å². The van der Waals surface area contributed by atoms with Crippen molar-refractivity contribution < 1.29 is 9.53 Å². The highest BCUT2D eigenvalue weighted by Crippen LogP contribution is 2.10. The molecule has 0 radical (unpaired) electrons. The van der Waals surface area contributed by atoms with Crippen LogP contribution in [0.5, 0.6) is 0 Å². The summed E-state index contributed by atoms with van der Waals surface area (Å²) in [5, 5.41) is 0. The number of hydrogen-bond acceptors (Lipinski definition) is 2. The molecule has 0 bridgehead atoms. The van der Waals surface area contributed by atoms with E-state index in [4.69, 9.17) is 16.9 Å². The second-order valence-electron chi connectivity index (χ2n) is 3.32. The molecule has 0 aliphatic rings. The van der Waals surface area contributed by atoms with Crippen molar-refractivity contribution in [3.8, 4) is 12.3 Å². The number of carbonyl (C=O) groups is 1. The predicted molar refractivity (Wildman–Crippen MR) is 56.7 cm³/mol. The molecule has 2 N–H and O–H groups in total. The molecule has 0 aromatic heterocycles. The molecule has 0 aromatic rings. The first kappa shape index (κ1) is 12.8. The lowest BCUT2D eigenvalue weighted by molar-refractivity contribution is 0.102. The van der Waals surface area contributed by atoms with Gasteiger partial charge in [0.2, 0.25) is 0 Å². The normalized spacial score (nSPS) is 11.7. The van der Waals surface area contributed by atoms with E-state index in [9.17, 15) is 4.79 Å². The van der Waals surface area contributed by atoms with Gasteiger partial charge in [-0.3, -0.25) is 0 Å². The third-order valence-corrected chi connectivity index (χ3v) is 2.01. The average molecular weight is 197 g/mol. The topological polar surface area (TPSA) is 52.3 Å². The van der Waals surface area contributed by atoms with Gasteiger partial charge in [-0.15, -0.1) is 12.3 Å². The van der Waals surface area contributed by atoms with Crippen LogP contribution in [0.3, 0.4) is 0 Å². The lowest BCUT2D eigenvalue weighted by Gasteiger charge is -2.13. The number of primary amides is 1. The van der Waals surface area contributed by atoms with Crippen molar-refractivity contribution in [3.05, 3.63) is 0 Å². The van der Waals surface area contributed by atoms with Crippen LogP contribution < -0.4 is 5.73 Å². The minimum absolute atomic E-state index is 0.200. The molecule has 3 nitrogen and oxygen atoms in total. The number of rotatable bonds is 7. The molecule has 0 aliphatic heterocycles. The van der Waals surface area contributed by atoms with Gasteiger partial charge in [-0.2, -0.15) is 0 Å². The molecule has 0 aromatic carbocycles. The minimum atomic E-state index is -0.735. The highest BCUT2D eigenvalue weighted by Gasteiger charge is 2.10. The smallest absolute Gasteiger partial charge is 0.404 e. The maximum atomic E-state index is 10.5. The molecule has 0 heterocycles. The van der Waals surface area contributed by atoms with Crippen LogP contribution in [0.4, 0.5) is 4.79 Å². The highest BCUT2D eigenvalue weighted by atomic mass is 16.6. The maximum absolute atomic E-state index is 10.5. The summed E-state index contributed by atoms with van der Waals surface area (Å²) in [6.45, 7) is 2.15. The van der Waals surface area contributed by atoms with Crippen LogP contribution in [0.15, 0.2) is 0 Å². The first-order chi connectivity index (χ1) is 6.70. The van der Waals surface area contributed by atoms with Crippen molar-refractivity contribution >= 4 is 6.09 Å². The van der Waals surface area contributed by atoms with Gasteiger partial charge in [0.05, 0.1) is 0 Å². The van der Waals surface area contributed by atoms with E-state index in [1.165, 1.54) is 12.8 Å². The molecule has 1 unspecified atom stereocenters. The Morgan fingerprint density at radius 3 is 2.71 bits per heavy atom. The quantitative estimate of drug-likeness (QED) is 0.503. The van der Waals surface area contributed by atoms with Gasteiger partial charge in [-0.05, 0) is 12.8 Å². The Bertz CT molecular complexity index is 196. The first-order valence-electron chi connectivity index (χ1n) is 5.10. The predicted octanol–water partition coefficient (Wildman–Crippen LogP) is 2.44. The summed E-state index contributed by atoms with van der Waals surface area (Å²) < 4.78 is 4.87. The lowest BCUT2D eigenvalue weighted by Crippen LogP contribution is -2.22. The molecule has 0 rings (SSSR count). The van der Waals surface area contributed by atoms with Crippen molar-refractivity contribution in [1.82, 2.24) is 0 Å². The van der Waals surface area contributed by atoms with Crippen molar-refractivity contribution in [2.75, 3.05) is 0 Å². The summed E-state index contributed by atoms with van der Waals surface area (Å²) in [5.41, 5.74) is 4.92. The van der Waals surface area contributed by atoms with E-state index >= 15 is 0 Å². The van der Waals surface area contributed by atoms with E-state index in [1.807, 2.05) is 0 Å². The molecule has 0 aliphatic carbocycles. The molecule has 14 heavy (non-hydrogen) atoms. The lowest BCUT2D eigenvalue weighted by atomic mass is 10.1. The van der Waals surface area contributed by atoms with Gasteiger partial charge in [0.15, 0.2) is 0 Å². The third-order valence-electron chi connectivity index (χ3n) is 2.01. The van der Waals surface area contributed by atoms with E-state index in [-0.39, 0.29) is 6.10 Å². The van der Waals surface area contributed by atoms with Gasteiger partial charge < -0.3 is 10.5 Å². The van der Waals surface area contributed by atoms with Crippen LogP contribution >= 0.6 is 0 Å². The summed E-state index contributed by atoms with van der Waals surface area (Å²) >= 11 is 0. The largest absolute Gasteiger partial charge is 0.445 e. The zero-order chi connectivity index (χ0) is 10.8. The summed E-state index contributed by atoms with van der Waals surface area (Å²) in [6.07, 6.45) is 10.1. The number of hydrogen-bond donors (Lipinski definition) is 1. The Morgan fingerprint density at radius 2 is 2.21 bits per heavy atom. The molecule has 3 heteroatoms. The summed E-state index contributed by atoms with van der Waals surface area (Å²) in [7, 11) is 0. The number of amides is 1. The van der Waals surface area contributed by atoms with E-state index in [2.05, 4.69) is 12.8 Å². The number of terminal acetylenes is 1. The number of unbranched alkanes of at least 4 members (excludes halogenated alkanes) is 3. The Hall–Kier alpha value is -1.17. The van der Waals surface area contributed by atoms with Gasteiger partial charge >= 0.3 is 6.09 Å². The molecule has 0 saturated carbocycles. The number of ether oxygens (including phenoxy) is 1. The van der Waals surface area contributed by atoms with Crippen molar-refractivity contribution in [2.45, 2.75) is 51.6 Å². The van der Waals surface area contributed by atoms with Crippen LogP contribution in [0, 0.1) is 12.3 Å². The molecular formula is C11H19NO2. The Kier molecular flexibility index (Phi) is 7.72. The van der Waals surface area contributed by atoms with Gasteiger partial charge in [-0.25, -0.2) is 4.79 Å². The van der Waals surface area contributed by atoms with E-state index in [0.29, 0.717) is 6.42 Å². The highest BCUT2D eigenvalue weighted by molar-refractivity contribution is 5.64. The molecule has 1 amide bonds. The van der Waals surface area contributed by atoms with Crippen molar-refractivity contribution in [1.29, 1.82) is 0 Å². The third kappa shape index (κ3) is 7.48. The molecule has 0 spiro atoms. The average Bonchev–Trinajstić information content (AvgIpc) is 2.12. The summed E-state index contributed by atoms with van der Waals surface area (Å²) in [6, 6.07) is 0. The fraction of sp³-hybridized carbons (Fsp3) is 0.727. The number of carbonyl (C=O) groups excluding carboxylic acids is 1. The van der Waals surface area contributed by atoms with Gasteiger partial charge in [0, 0.05) is 6.42 Å². The van der Waals surface area contributed by atoms with Gasteiger partial charge in [0.1, 0.15) is 6.10 Å². The van der Waals surface area contributed by atoms with Gasteiger partial charge in [0.25, 0.3) is 0 Å². The minimum Gasteiger partial charge on any atom is -0.445 e. The van der Waals surface area contributed by atoms with Crippen LogP contribution in [-0.2, 0) is 4.74 Å². The van der Waals surface area contributed by atoms with Crippen LogP contribution in [0.1, 0.15) is 45.4 Å². The molecule has 0 saturated heterocycles.